The maximum absolute atomic E-state index is 4.73. The predicted octanol–water partition coefficient (Wildman–Crippen LogP) is 2.35. The van der Waals surface area contributed by atoms with Crippen molar-refractivity contribution in [2.45, 2.75) is 44.7 Å². The first kappa shape index (κ1) is 13.9. The Balaban J connectivity index is 1.49. The number of hydrogen-bond acceptors (Lipinski definition) is 4. The molecular formula is C17H23N5. The summed E-state index contributed by atoms with van der Waals surface area (Å²) in [5.74, 6) is 3.24. The molecule has 0 spiro atoms. The van der Waals surface area contributed by atoms with E-state index in [0.717, 1.165) is 24.0 Å². The van der Waals surface area contributed by atoms with Crippen molar-refractivity contribution in [2.75, 3.05) is 0 Å². The average molecular weight is 297 g/mol. The van der Waals surface area contributed by atoms with E-state index in [9.17, 15) is 0 Å². The zero-order valence-electron chi connectivity index (χ0n) is 12.9. The summed E-state index contributed by atoms with van der Waals surface area (Å²) in [4.78, 5) is 4.73. The Morgan fingerprint density at radius 1 is 1.14 bits per heavy atom. The number of nitrogens with zero attached hydrogens (tertiary/aromatic N) is 2. The van der Waals surface area contributed by atoms with Gasteiger partial charge in [0.1, 0.15) is 5.82 Å². The van der Waals surface area contributed by atoms with Crippen LogP contribution in [0.15, 0.2) is 30.3 Å². The quantitative estimate of drug-likeness (QED) is 0.813. The lowest BCUT2D eigenvalue weighted by atomic mass is 9.76. The highest BCUT2D eigenvalue weighted by Crippen LogP contribution is 2.39. The van der Waals surface area contributed by atoms with E-state index in [1.54, 1.807) is 0 Å². The number of benzene rings is 1. The molecule has 3 N–H and O–H groups in total. The second kappa shape index (κ2) is 5.82. The van der Waals surface area contributed by atoms with Crippen LogP contribution in [-0.4, -0.2) is 21.2 Å². The minimum absolute atomic E-state index is 0.230. The molecule has 5 heteroatoms. The van der Waals surface area contributed by atoms with Crippen LogP contribution in [0.2, 0.25) is 0 Å². The van der Waals surface area contributed by atoms with Gasteiger partial charge in [-0.15, -0.1) is 0 Å². The first-order chi connectivity index (χ1) is 10.8. The fourth-order valence-corrected chi connectivity index (χ4v) is 3.85. The van der Waals surface area contributed by atoms with Crippen LogP contribution in [0.1, 0.15) is 49.4 Å². The summed E-state index contributed by atoms with van der Waals surface area (Å²) >= 11 is 0. The number of nitrogens with one attached hydrogen (secondary N) is 3. The van der Waals surface area contributed by atoms with Gasteiger partial charge in [0, 0.05) is 12.5 Å². The van der Waals surface area contributed by atoms with Crippen molar-refractivity contribution < 1.29 is 0 Å². The van der Waals surface area contributed by atoms with Gasteiger partial charge in [0.05, 0.1) is 6.04 Å². The van der Waals surface area contributed by atoms with E-state index < -0.39 is 0 Å². The summed E-state index contributed by atoms with van der Waals surface area (Å²) in [6.07, 6.45) is 4.61. The SMILES string of the molecule is CC1CCC2NNC(c3n[nH]c(Cc4ccccc4)n3)C2C1. The van der Waals surface area contributed by atoms with Crippen molar-refractivity contribution in [1.82, 2.24) is 26.0 Å². The highest BCUT2D eigenvalue weighted by Gasteiger charge is 2.41. The number of aromatic amines is 1. The van der Waals surface area contributed by atoms with Crippen LogP contribution in [0.25, 0.3) is 0 Å². The van der Waals surface area contributed by atoms with Crippen molar-refractivity contribution in [3.8, 4) is 0 Å². The number of fused-ring (bicyclic) bond motifs is 1. The van der Waals surface area contributed by atoms with Gasteiger partial charge in [-0.2, -0.15) is 5.10 Å². The van der Waals surface area contributed by atoms with Gasteiger partial charge in [-0.3, -0.25) is 10.5 Å². The monoisotopic (exact) mass is 297 g/mol. The predicted molar refractivity (Wildman–Crippen MR) is 84.9 cm³/mol. The highest BCUT2D eigenvalue weighted by molar-refractivity contribution is 5.19. The van der Waals surface area contributed by atoms with Crippen molar-refractivity contribution in [2.24, 2.45) is 11.8 Å². The fraction of sp³-hybridized carbons (Fsp3) is 0.529. The van der Waals surface area contributed by atoms with E-state index in [1.165, 1.54) is 24.8 Å². The Morgan fingerprint density at radius 2 is 2.00 bits per heavy atom. The number of aromatic nitrogens is 3. The molecule has 1 aliphatic heterocycles. The molecule has 0 radical (unpaired) electrons. The van der Waals surface area contributed by atoms with E-state index in [2.05, 4.69) is 52.2 Å². The van der Waals surface area contributed by atoms with Gasteiger partial charge in [-0.1, -0.05) is 37.3 Å². The van der Waals surface area contributed by atoms with E-state index in [-0.39, 0.29) is 6.04 Å². The van der Waals surface area contributed by atoms with Crippen LogP contribution < -0.4 is 10.9 Å². The second-order valence-electron chi connectivity index (χ2n) is 6.76. The van der Waals surface area contributed by atoms with Crippen LogP contribution in [0.4, 0.5) is 0 Å². The molecule has 4 atom stereocenters. The minimum Gasteiger partial charge on any atom is -0.263 e. The Bertz CT molecular complexity index is 623. The normalized spacial score (nSPS) is 31.1. The molecule has 4 unspecified atom stereocenters. The lowest BCUT2D eigenvalue weighted by Crippen LogP contribution is -2.34. The standard InChI is InChI=1S/C17H23N5/c1-11-7-8-14-13(9-11)16(21-19-14)17-18-15(20-22-17)10-12-5-3-2-4-6-12/h2-6,11,13-14,16,19,21H,7-10H2,1H3,(H,18,20,22). The highest BCUT2D eigenvalue weighted by atomic mass is 15.4. The molecule has 1 saturated carbocycles. The maximum Gasteiger partial charge on any atom is 0.169 e. The fourth-order valence-electron chi connectivity index (χ4n) is 3.85. The summed E-state index contributed by atoms with van der Waals surface area (Å²) in [7, 11) is 0. The van der Waals surface area contributed by atoms with Crippen LogP contribution in [0, 0.1) is 11.8 Å². The smallest absolute Gasteiger partial charge is 0.169 e. The average Bonchev–Trinajstić information content (AvgIpc) is 3.14. The molecule has 1 aromatic carbocycles. The third-order valence-corrected chi connectivity index (χ3v) is 5.06. The van der Waals surface area contributed by atoms with Crippen molar-refractivity contribution in [3.63, 3.8) is 0 Å². The zero-order valence-corrected chi connectivity index (χ0v) is 12.9. The summed E-state index contributed by atoms with van der Waals surface area (Å²) in [5, 5.41) is 7.58. The van der Waals surface area contributed by atoms with Gasteiger partial charge in [-0.25, -0.2) is 10.4 Å². The molecular weight excluding hydrogens is 274 g/mol. The molecule has 0 amide bonds. The van der Waals surface area contributed by atoms with E-state index in [0.29, 0.717) is 12.0 Å². The van der Waals surface area contributed by atoms with Gasteiger partial charge in [0.15, 0.2) is 5.82 Å². The summed E-state index contributed by atoms with van der Waals surface area (Å²) in [6.45, 7) is 2.35. The third kappa shape index (κ3) is 2.66. The van der Waals surface area contributed by atoms with Crippen LogP contribution in [-0.2, 0) is 6.42 Å². The Morgan fingerprint density at radius 3 is 2.86 bits per heavy atom. The first-order valence-corrected chi connectivity index (χ1v) is 8.26. The molecule has 2 aliphatic rings. The molecule has 2 heterocycles. The van der Waals surface area contributed by atoms with Gasteiger partial charge in [0.2, 0.25) is 0 Å². The molecule has 1 aromatic heterocycles. The van der Waals surface area contributed by atoms with Gasteiger partial charge < -0.3 is 0 Å². The molecule has 116 valence electrons. The summed E-state index contributed by atoms with van der Waals surface area (Å²) in [5.41, 5.74) is 8.12. The van der Waals surface area contributed by atoms with Gasteiger partial charge >= 0.3 is 0 Å². The topological polar surface area (TPSA) is 65.6 Å². The number of hydrogen-bond donors (Lipinski definition) is 3. The zero-order chi connectivity index (χ0) is 14.9. The maximum atomic E-state index is 4.73. The molecule has 1 aliphatic carbocycles. The number of rotatable bonds is 3. The van der Waals surface area contributed by atoms with Crippen LogP contribution >= 0.6 is 0 Å². The minimum atomic E-state index is 0.230. The Kier molecular flexibility index (Phi) is 3.68. The van der Waals surface area contributed by atoms with Crippen molar-refractivity contribution in [1.29, 1.82) is 0 Å². The molecule has 1 saturated heterocycles. The molecule has 2 aromatic rings. The molecule has 4 rings (SSSR count). The molecule has 2 fully saturated rings. The third-order valence-electron chi connectivity index (χ3n) is 5.06. The second-order valence-corrected chi connectivity index (χ2v) is 6.76. The summed E-state index contributed by atoms with van der Waals surface area (Å²) in [6, 6.07) is 11.2. The van der Waals surface area contributed by atoms with Crippen LogP contribution in [0.3, 0.4) is 0 Å². The van der Waals surface area contributed by atoms with Gasteiger partial charge in [-0.05, 0) is 36.7 Å². The Hall–Kier alpha value is -1.72. The van der Waals surface area contributed by atoms with Crippen molar-refractivity contribution >= 4 is 0 Å². The Labute approximate surface area is 130 Å². The molecule has 22 heavy (non-hydrogen) atoms. The van der Waals surface area contributed by atoms with Crippen molar-refractivity contribution in [3.05, 3.63) is 47.5 Å². The largest absolute Gasteiger partial charge is 0.263 e. The van der Waals surface area contributed by atoms with Crippen LogP contribution in [0.5, 0.6) is 0 Å². The van der Waals surface area contributed by atoms with E-state index in [1.807, 2.05) is 6.07 Å². The van der Waals surface area contributed by atoms with E-state index >= 15 is 0 Å². The molecule has 0 bridgehead atoms. The lowest BCUT2D eigenvalue weighted by Gasteiger charge is -2.30. The lowest BCUT2D eigenvalue weighted by molar-refractivity contribution is 0.242. The number of hydrazine groups is 1. The summed E-state index contributed by atoms with van der Waals surface area (Å²) < 4.78 is 0. The van der Waals surface area contributed by atoms with Gasteiger partial charge in [0.25, 0.3) is 0 Å². The van der Waals surface area contributed by atoms with E-state index in [4.69, 9.17) is 4.98 Å². The number of H-pyrrole nitrogens is 1. The molecule has 5 nitrogen and oxygen atoms in total. The first-order valence-electron chi connectivity index (χ1n) is 8.26.